The van der Waals surface area contributed by atoms with E-state index in [9.17, 15) is 0 Å². The minimum atomic E-state index is 0.291. The van der Waals surface area contributed by atoms with E-state index in [1.54, 1.807) is 12.1 Å². The smallest absolute Gasteiger partial charge is 0.180 e. The van der Waals surface area contributed by atoms with Gasteiger partial charge in [-0.3, -0.25) is 0 Å². The van der Waals surface area contributed by atoms with Gasteiger partial charge in [-0.2, -0.15) is 0 Å². The second kappa shape index (κ2) is 3.90. The molecule has 15 heavy (non-hydrogen) atoms. The van der Waals surface area contributed by atoms with Crippen LogP contribution in [0.25, 0.3) is 0 Å². The number of hydrogen-bond acceptors (Lipinski definition) is 4. The first-order valence-corrected chi connectivity index (χ1v) is 5.46. The van der Waals surface area contributed by atoms with Crippen molar-refractivity contribution in [2.75, 3.05) is 5.73 Å². The Kier molecular flexibility index (Phi) is 2.60. The second-order valence-corrected chi connectivity index (χ2v) is 4.52. The Morgan fingerprint density at radius 3 is 2.53 bits per heavy atom. The SMILES string of the molecule is Cc1nc(N)sc1Cc1ccc(O)cc1. The van der Waals surface area contributed by atoms with Crippen LogP contribution in [0.2, 0.25) is 0 Å². The van der Waals surface area contributed by atoms with Crippen molar-refractivity contribution in [3.8, 4) is 5.75 Å². The highest BCUT2D eigenvalue weighted by Crippen LogP contribution is 2.23. The number of nitrogen functional groups attached to an aromatic ring is 1. The quantitative estimate of drug-likeness (QED) is 0.816. The molecule has 3 N–H and O–H groups in total. The molecule has 0 atom stereocenters. The summed E-state index contributed by atoms with van der Waals surface area (Å²) in [6.07, 6.45) is 0.820. The summed E-state index contributed by atoms with van der Waals surface area (Å²) in [6, 6.07) is 7.19. The van der Waals surface area contributed by atoms with Crippen LogP contribution in [0.1, 0.15) is 16.1 Å². The molecule has 0 aliphatic carbocycles. The summed E-state index contributed by atoms with van der Waals surface area (Å²) in [5.41, 5.74) is 7.77. The van der Waals surface area contributed by atoms with Gasteiger partial charge in [-0.25, -0.2) is 4.98 Å². The van der Waals surface area contributed by atoms with E-state index in [0.29, 0.717) is 10.9 Å². The topological polar surface area (TPSA) is 59.1 Å². The van der Waals surface area contributed by atoms with Gasteiger partial charge in [0.2, 0.25) is 0 Å². The van der Waals surface area contributed by atoms with Crippen molar-refractivity contribution in [1.82, 2.24) is 4.98 Å². The molecule has 0 fully saturated rings. The number of nitrogens with zero attached hydrogens (tertiary/aromatic N) is 1. The third kappa shape index (κ3) is 2.27. The van der Waals surface area contributed by atoms with Crippen LogP contribution < -0.4 is 5.73 Å². The van der Waals surface area contributed by atoms with Crippen LogP contribution in [-0.4, -0.2) is 10.1 Å². The highest BCUT2D eigenvalue weighted by Gasteiger charge is 2.05. The van der Waals surface area contributed by atoms with E-state index >= 15 is 0 Å². The first-order valence-electron chi connectivity index (χ1n) is 4.65. The lowest BCUT2D eigenvalue weighted by Crippen LogP contribution is -1.87. The van der Waals surface area contributed by atoms with Gasteiger partial charge in [-0.05, 0) is 24.6 Å². The number of nitrogens with two attached hydrogens (primary N) is 1. The molecule has 0 aliphatic heterocycles. The van der Waals surface area contributed by atoms with Crippen LogP contribution in [0.5, 0.6) is 5.75 Å². The fraction of sp³-hybridized carbons (Fsp3) is 0.182. The predicted octanol–water partition coefficient (Wildman–Crippen LogP) is 2.33. The van der Waals surface area contributed by atoms with Crippen LogP contribution in [0, 0.1) is 6.92 Å². The molecule has 0 aliphatic rings. The minimum Gasteiger partial charge on any atom is -0.508 e. The van der Waals surface area contributed by atoms with Crippen LogP contribution in [0.15, 0.2) is 24.3 Å². The number of phenols is 1. The molecule has 0 saturated carbocycles. The molecular formula is C11H12N2OS. The standard InChI is InChI=1S/C11H12N2OS/c1-7-10(15-11(12)13-7)6-8-2-4-9(14)5-3-8/h2-5,14H,6H2,1H3,(H2,12,13). The molecular weight excluding hydrogens is 208 g/mol. The number of phenolic OH excluding ortho intramolecular Hbond substituents is 1. The van der Waals surface area contributed by atoms with Gasteiger partial charge >= 0.3 is 0 Å². The Bertz CT molecular complexity index is 462. The monoisotopic (exact) mass is 220 g/mol. The Labute approximate surface area is 92.2 Å². The van der Waals surface area contributed by atoms with Gasteiger partial charge in [-0.1, -0.05) is 12.1 Å². The zero-order chi connectivity index (χ0) is 10.8. The van der Waals surface area contributed by atoms with Crippen molar-refractivity contribution >= 4 is 16.5 Å². The zero-order valence-electron chi connectivity index (χ0n) is 8.40. The van der Waals surface area contributed by atoms with Crippen LogP contribution in [0.3, 0.4) is 0 Å². The van der Waals surface area contributed by atoms with E-state index in [1.807, 2.05) is 19.1 Å². The molecule has 1 aromatic heterocycles. The summed E-state index contributed by atoms with van der Waals surface area (Å²) >= 11 is 1.52. The maximum absolute atomic E-state index is 9.15. The van der Waals surface area contributed by atoms with Crippen molar-refractivity contribution in [3.05, 3.63) is 40.4 Å². The molecule has 0 bridgehead atoms. The third-order valence-corrected chi connectivity index (χ3v) is 3.20. The van der Waals surface area contributed by atoms with Gasteiger partial charge in [0.1, 0.15) is 5.75 Å². The summed E-state index contributed by atoms with van der Waals surface area (Å²) in [5.74, 6) is 0.291. The molecule has 4 heteroatoms. The summed E-state index contributed by atoms with van der Waals surface area (Å²) in [4.78, 5) is 5.35. The molecule has 0 unspecified atom stereocenters. The summed E-state index contributed by atoms with van der Waals surface area (Å²) < 4.78 is 0. The molecule has 78 valence electrons. The summed E-state index contributed by atoms with van der Waals surface area (Å²) in [7, 11) is 0. The van der Waals surface area contributed by atoms with Gasteiger partial charge in [-0.15, -0.1) is 11.3 Å². The minimum absolute atomic E-state index is 0.291. The summed E-state index contributed by atoms with van der Waals surface area (Å²) in [6.45, 7) is 1.96. The van der Waals surface area contributed by atoms with Crippen molar-refractivity contribution in [3.63, 3.8) is 0 Å². The number of anilines is 1. The number of thiazole rings is 1. The molecule has 0 amide bonds. The van der Waals surface area contributed by atoms with Crippen molar-refractivity contribution in [2.45, 2.75) is 13.3 Å². The maximum Gasteiger partial charge on any atom is 0.180 e. The normalized spacial score (nSPS) is 10.5. The van der Waals surface area contributed by atoms with Gasteiger partial charge in [0.25, 0.3) is 0 Å². The maximum atomic E-state index is 9.15. The van der Waals surface area contributed by atoms with E-state index in [0.717, 1.165) is 17.7 Å². The Hall–Kier alpha value is -1.55. The average Bonchev–Trinajstić information content (AvgIpc) is 2.49. The molecule has 3 nitrogen and oxygen atoms in total. The first-order chi connectivity index (χ1) is 7.15. The number of rotatable bonds is 2. The van der Waals surface area contributed by atoms with E-state index < -0.39 is 0 Å². The number of hydrogen-bond donors (Lipinski definition) is 2. The van der Waals surface area contributed by atoms with Gasteiger partial charge in [0.05, 0.1) is 5.69 Å². The van der Waals surface area contributed by atoms with Gasteiger partial charge in [0.15, 0.2) is 5.13 Å². The Morgan fingerprint density at radius 2 is 2.00 bits per heavy atom. The fourth-order valence-electron chi connectivity index (χ4n) is 1.41. The zero-order valence-corrected chi connectivity index (χ0v) is 9.21. The van der Waals surface area contributed by atoms with E-state index in [4.69, 9.17) is 10.8 Å². The predicted molar refractivity (Wildman–Crippen MR) is 62.2 cm³/mol. The molecule has 2 aromatic rings. The van der Waals surface area contributed by atoms with Crippen molar-refractivity contribution < 1.29 is 5.11 Å². The molecule has 0 saturated heterocycles. The molecule has 1 heterocycles. The highest BCUT2D eigenvalue weighted by atomic mass is 32.1. The molecule has 0 radical (unpaired) electrons. The van der Waals surface area contributed by atoms with E-state index in [-0.39, 0.29) is 0 Å². The molecule has 1 aromatic carbocycles. The van der Waals surface area contributed by atoms with Crippen LogP contribution in [0.4, 0.5) is 5.13 Å². The molecule has 2 rings (SSSR count). The summed E-state index contributed by atoms with van der Waals surface area (Å²) in [5, 5.41) is 9.76. The Morgan fingerprint density at radius 1 is 1.33 bits per heavy atom. The molecule has 0 spiro atoms. The number of aromatic hydroxyl groups is 1. The van der Waals surface area contributed by atoms with E-state index in [1.165, 1.54) is 16.2 Å². The number of benzene rings is 1. The van der Waals surface area contributed by atoms with Gasteiger partial charge in [0, 0.05) is 11.3 Å². The number of aryl methyl sites for hydroxylation is 1. The van der Waals surface area contributed by atoms with Crippen LogP contribution >= 0.6 is 11.3 Å². The average molecular weight is 220 g/mol. The van der Waals surface area contributed by atoms with Crippen LogP contribution in [-0.2, 0) is 6.42 Å². The fourth-order valence-corrected chi connectivity index (χ4v) is 2.28. The Balaban J connectivity index is 2.21. The number of aromatic nitrogens is 1. The van der Waals surface area contributed by atoms with E-state index in [2.05, 4.69) is 4.98 Å². The van der Waals surface area contributed by atoms with Gasteiger partial charge < -0.3 is 10.8 Å². The highest BCUT2D eigenvalue weighted by molar-refractivity contribution is 7.15. The van der Waals surface area contributed by atoms with Crippen molar-refractivity contribution in [1.29, 1.82) is 0 Å². The second-order valence-electron chi connectivity index (χ2n) is 3.40. The van der Waals surface area contributed by atoms with Crippen molar-refractivity contribution in [2.24, 2.45) is 0 Å². The largest absolute Gasteiger partial charge is 0.508 e. The first kappa shape index (κ1) is 9.98. The lowest BCUT2D eigenvalue weighted by atomic mass is 10.1. The lowest BCUT2D eigenvalue weighted by Gasteiger charge is -1.99. The third-order valence-electron chi connectivity index (χ3n) is 2.21. The lowest BCUT2D eigenvalue weighted by molar-refractivity contribution is 0.475.